The van der Waals surface area contributed by atoms with Crippen molar-refractivity contribution in [3.63, 3.8) is 0 Å². The average Bonchev–Trinajstić information content (AvgIpc) is 3.15. The van der Waals surface area contributed by atoms with Crippen LogP contribution in [-0.2, 0) is 15.7 Å². The molecule has 2 heterocycles. The third-order valence-corrected chi connectivity index (χ3v) is 4.28. The van der Waals surface area contributed by atoms with E-state index in [1.165, 1.54) is 24.5 Å². The van der Waals surface area contributed by atoms with Crippen LogP contribution in [0.5, 0.6) is 0 Å². The summed E-state index contributed by atoms with van der Waals surface area (Å²) >= 11 is 1.22. The molecule has 9 heteroatoms. The second-order valence-electron chi connectivity index (χ2n) is 5.16. The first-order valence-electron chi connectivity index (χ1n) is 6.70. The van der Waals surface area contributed by atoms with Crippen LogP contribution in [0.25, 0.3) is 11.3 Å². The second kappa shape index (κ2) is 5.48. The molecule has 1 saturated carbocycles. The first-order chi connectivity index (χ1) is 10.8. The number of nitrogens with one attached hydrogen (secondary N) is 1. The van der Waals surface area contributed by atoms with Crippen molar-refractivity contribution in [3.8, 4) is 11.3 Å². The Labute approximate surface area is 133 Å². The molecule has 0 bridgehead atoms. The molecule has 5 nitrogen and oxygen atoms in total. The highest BCUT2D eigenvalue weighted by Crippen LogP contribution is 2.41. The van der Waals surface area contributed by atoms with Crippen LogP contribution in [0.2, 0.25) is 0 Å². The Kier molecular flexibility index (Phi) is 3.75. The number of halogens is 3. The summed E-state index contributed by atoms with van der Waals surface area (Å²) in [5.41, 5.74) is -1.00. The number of carbonyl (C=O) groups excluding carboxylic acids is 1. The van der Waals surface area contributed by atoms with Gasteiger partial charge < -0.3 is 10.1 Å². The largest absolute Gasteiger partial charge is 0.467 e. The summed E-state index contributed by atoms with van der Waals surface area (Å²) in [5, 5.41) is 5.11. The molecule has 0 spiro atoms. The minimum atomic E-state index is -4.50. The quantitative estimate of drug-likeness (QED) is 0.863. The van der Waals surface area contributed by atoms with Crippen molar-refractivity contribution in [1.82, 2.24) is 9.97 Å². The number of esters is 1. The zero-order chi connectivity index (χ0) is 16.7. The van der Waals surface area contributed by atoms with E-state index in [2.05, 4.69) is 15.3 Å². The molecule has 0 aromatic carbocycles. The number of alkyl halides is 3. The van der Waals surface area contributed by atoms with Crippen LogP contribution in [0.1, 0.15) is 18.5 Å². The number of carbonyl (C=O) groups is 1. The summed E-state index contributed by atoms with van der Waals surface area (Å²) in [5.74, 6) is -0.363. The van der Waals surface area contributed by atoms with Crippen LogP contribution in [0.15, 0.2) is 23.7 Å². The number of rotatable bonds is 4. The van der Waals surface area contributed by atoms with Crippen LogP contribution in [0.3, 0.4) is 0 Å². The molecule has 23 heavy (non-hydrogen) atoms. The van der Waals surface area contributed by atoms with Crippen LogP contribution < -0.4 is 5.32 Å². The first kappa shape index (κ1) is 15.7. The predicted octanol–water partition coefficient (Wildman–Crippen LogP) is 3.34. The lowest BCUT2D eigenvalue weighted by Crippen LogP contribution is -2.32. The Bertz CT molecular complexity index is 741. The van der Waals surface area contributed by atoms with Crippen molar-refractivity contribution in [2.24, 2.45) is 0 Å². The number of hydrogen-bond donors (Lipinski definition) is 1. The third-order valence-electron chi connectivity index (χ3n) is 3.52. The molecule has 0 aliphatic heterocycles. The van der Waals surface area contributed by atoms with E-state index in [1.807, 2.05) is 0 Å². The van der Waals surface area contributed by atoms with Gasteiger partial charge in [0.05, 0.1) is 12.8 Å². The van der Waals surface area contributed by atoms with Gasteiger partial charge in [0, 0.05) is 17.1 Å². The molecule has 3 rings (SSSR count). The fraction of sp³-hybridized carbons (Fsp3) is 0.357. The number of methoxy groups -OCH3 is 1. The monoisotopic (exact) mass is 343 g/mol. The lowest BCUT2D eigenvalue weighted by Gasteiger charge is -2.13. The molecule has 2 aromatic rings. The van der Waals surface area contributed by atoms with Crippen LogP contribution in [0.4, 0.5) is 18.3 Å². The molecule has 122 valence electrons. The molecule has 1 aliphatic carbocycles. The van der Waals surface area contributed by atoms with Gasteiger partial charge in [-0.2, -0.15) is 13.2 Å². The van der Waals surface area contributed by atoms with Crippen molar-refractivity contribution in [2.75, 3.05) is 12.4 Å². The zero-order valence-electron chi connectivity index (χ0n) is 12.0. The van der Waals surface area contributed by atoms with Crippen LogP contribution in [0, 0.1) is 0 Å². The van der Waals surface area contributed by atoms with Crippen LogP contribution >= 0.6 is 11.3 Å². The Hall–Kier alpha value is -2.16. The van der Waals surface area contributed by atoms with Crippen molar-refractivity contribution in [2.45, 2.75) is 24.6 Å². The van der Waals surface area contributed by atoms with E-state index in [0.29, 0.717) is 29.2 Å². The summed E-state index contributed by atoms with van der Waals surface area (Å²) < 4.78 is 42.8. The minimum Gasteiger partial charge on any atom is -0.467 e. The Morgan fingerprint density at radius 2 is 2.17 bits per heavy atom. The van der Waals surface area contributed by atoms with Gasteiger partial charge in [-0.05, 0) is 25.0 Å². The minimum absolute atomic E-state index is 0.319. The van der Waals surface area contributed by atoms with E-state index < -0.39 is 17.4 Å². The van der Waals surface area contributed by atoms with Crippen molar-refractivity contribution < 1.29 is 22.7 Å². The van der Waals surface area contributed by atoms with Crippen LogP contribution in [-0.4, -0.2) is 28.6 Å². The number of pyridine rings is 1. The maximum atomic E-state index is 12.7. The Morgan fingerprint density at radius 3 is 2.78 bits per heavy atom. The second-order valence-corrected chi connectivity index (χ2v) is 6.02. The van der Waals surface area contributed by atoms with Gasteiger partial charge in [-0.25, -0.2) is 9.78 Å². The molecule has 1 N–H and O–H groups in total. The lowest BCUT2D eigenvalue weighted by molar-refractivity contribution is -0.142. The van der Waals surface area contributed by atoms with E-state index in [1.54, 1.807) is 5.38 Å². The van der Waals surface area contributed by atoms with Gasteiger partial charge in [-0.1, -0.05) is 0 Å². The summed E-state index contributed by atoms with van der Waals surface area (Å²) in [7, 11) is 1.31. The molecular formula is C14H12F3N3O2S. The van der Waals surface area contributed by atoms with Gasteiger partial charge in [0.2, 0.25) is 0 Å². The van der Waals surface area contributed by atoms with Gasteiger partial charge in [0.15, 0.2) is 5.13 Å². The van der Waals surface area contributed by atoms with E-state index in [0.717, 1.165) is 12.3 Å². The van der Waals surface area contributed by atoms with Gasteiger partial charge in [-0.15, -0.1) is 11.3 Å². The van der Waals surface area contributed by atoms with Crippen molar-refractivity contribution in [1.29, 1.82) is 0 Å². The third kappa shape index (κ3) is 3.14. The molecule has 1 aliphatic rings. The Balaban J connectivity index is 1.82. The summed E-state index contributed by atoms with van der Waals surface area (Å²) in [6, 6.07) is 2.41. The van der Waals surface area contributed by atoms with Gasteiger partial charge in [-0.3, -0.25) is 4.98 Å². The predicted molar refractivity (Wildman–Crippen MR) is 78.0 cm³/mol. The van der Waals surface area contributed by atoms with E-state index >= 15 is 0 Å². The smallest absolute Gasteiger partial charge is 0.433 e. The molecule has 0 unspecified atom stereocenters. The maximum Gasteiger partial charge on any atom is 0.433 e. The van der Waals surface area contributed by atoms with Crippen molar-refractivity contribution in [3.05, 3.63) is 29.4 Å². The molecule has 1 fully saturated rings. The fourth-order valence-electron chi connectivity index (χ4n) is 2.11. The lowest BCUT2D eigenvalue weighted by atomic mass is 10.2. The highest BCUT2D eigenvalue weighted by Gasteiger charge is 2.51. The summed E-state index contributed by atoms with van der Waals surface area (Å²) in [6.45, 7) is 0. The topological polar surface area (TPSA) is 64.1 Å². The number of nitrogens with zero attached hydrogens (tertiary/aromatic N) is 2. The summed E-state index contributed by atoms with van der Waals surface area (Å²) in [6.07, 6.45) is -2.12. The van der Waals surface area contributed by atoms with Gasteiger partial charge in [0.25, 0.3) is 0 Å². The average molecular weight is 343 g/mol. The van der Waals surface area contributed by atoms with E-state index in [9.17, 15) is 18.0 Å². The summed E-state index contributed by atoms with van der Waals surface area (Å²) in [4.78, 5) is 19.3. The number of anilines is 1. The van der Waals surface area contributed by atoms with E-state index in [4.69, 9.17) is 4.74 Å². The normalized spacial score (nSPS) is 16.0. The molecule has 0 atom stereocenters. The number of hydrogen-bond acceptors (Lipinski definition) is 6. The van der Waals surface area contributed by atoms with Crippen molar-refractivity contribution >= 4 is 22.4 Å². The number of ether oxygens (including phenoxy) is 1. The maximum absolute atomic E-state index is 12.7. The molecule has 0 amide bonds. The highest BCUT2D eigenvalue weighted by molar-refractivity contribution is 7.14. The van der Waals surface area contributed by atoms with E-state index in [-0.39, 0.29) is 5.97 Å². The fourth-order valence-corrected chi connectivity index (χ4v) is 2.93. The standard InChI is InChI=1S/C14H12F3N3O2S/c1-22-11(21)13(3-4-13)20-12-19-9(7-23-12)8-2-5-18-10(6-8)14(15,16)17/h2,5-7H,3-4H2,1H3,(H,19,20). The molecular weight excluding hydrogens is 331 g/mol. The Morgan fingerprint density at radius 1 is 1.43 bits per heavy atom. The molecule has 2 aromatic heterocycles. The molecule has 0 saturated heterocycles. The molecule has 0 radical (unpaired) electrons. The number of aromatic nitrogens is 2. The first-order valence-corrected chi connectivity index (χ1v) is 7.58. The number of thiazole rings is 1. The highest BCUT2D eigenvalue weighted by atomic mass is 32.1. The SMILES string of the molecule is COC(=O)C1(Nc2nc(-c3ccnc(C(F)(F)F)c3)cs2)CC1. The van der Waals surface area contributed by atoms with Gasteiger partial charge in [0.1, 0.15) is 11.2 Å². The zero-order valence-corrected chi connectivity index (χ0v) is 12.8. The van der Waals surface area contributed by atoms with Gasteiger partial charge >= 0.3 is 12.1 Å².